The third-order valence-corrected chi connectivity index (χ3v) is 6.92. The van der Waals surface area contributed by atoms with E-state index in [1.807, 2.05) is 29.3 Å². The number of methoxy groups -OCH3 is 2. The van der Waals surface area contributed by atoms with Crippen molar-refractivity contribution in [3.63, 3.8) is 0 Å². The Morgan fingerprint density at radius 1 is 1.07 bits per heavy atom. The zero-order chi connectivity index (χ0) is 19.7. The lowest BCUT2D eigenvalue weighted by Crippen LogP contribution is -2.45. The highest BCUT2D eigenvalue weighted by atomic mass is 31.1. The van der Waals surface area contributed by atoms with Crippen LogP contribution in [0.15, 0.2) is 48.3 Å². The molecule has 148 valence electrons. The second kappa shape index (κ2) is 7.98. The lowest BCUT2D eigenvalue weighted by atomic mass is 10.1. The van der Waals surface area contributed by atoms with Crippen LogP contribution in [0.25, 0.3) is 5.31 Å². The molecule has 28 heavy (non-hydrogen) atoms. The van der Waals surface area contributed by atoms with E-state index in [9.17, 15) is 4.79 Å². The van der Waals surface area contributed by atoms with E-state index < -0.39 is 0 Å². The first kappa shape index (κ1) is 19.0. The lowest BCUT2D eigenvalue weighted by molar-refractivity contribution is -0.123. The molecule has 7 heteroatoms. The molecule has 3 aliphatic heterocycles. The highest BCUT2D eigenvalue weighted by molar-refractivity contribution is 7.51. The number of rotatable bonds is 4. The molecule has 2 atom stereocenters. The number of hydrogen-bond acceptors (Lipinski definition) is 5. The predicted octanol–water partition coefficient (Wildman–Crippen LogP) is 2.55. The molecule has 0 aromatic heterocycles. The summed E-state index contributed by atoms with van der Waals surface area (Å²) >= 11 is 0. The van der Waals surface area contributed by atoms with Crippen LogP contribution >= 0.6 is 8.58 Å². The van der Waals surface area contributed by atoms with Gasteiger partial charge in [-0.15, -0.1) is 0 Å². The van der Waals surface area contributed by atoms with Crippen LogP contribution in [-0.2, 0) is 4.79 Å². The van der Waals surface area contributed by atoms with E-state index in [1.54, 1.807) is 20.3 Å². The summed E-state index contributed by atoms with van der Waals surface area (Å²) in [6, 6.07) is 5.82. The Morgan fingerprint density at radius 3 is 2.54 bits per heavy atom. The van der Waals surface area contributed by atoms with Crippen molar-refractivity contribution in [2.45, 2.75) is 5.78 Å². The molecule has 0 radical (unpaired) electrons. The predicted molar refractivity (Wildman–Crippen MR) is 113 cm³/mol. The molecule has 0 spiro atoms. The largest absolute Gasteiger partial charge is 0.493 e. The number of hydrogen-bond donors (Lipinski definition) is 0. The molecular formula is C21H26N3O3P. The Balaban J connectivity index is 1.55. The van der Waals surface area contributed by atoms with Crippen molar-refractivity contribution in [1.29, 1.82) is 0 Å². The van der Waals surface area contributed by atoms with Gasteiger partial charge in [-0.3, -0.25) is 4.79 Å². The molecule has 0 saturated carbocycles. The fraction of sp³-hybridized carbons (Fsp3) is 0.381. The van der Waals surface area contributed by atoms with E-state index in [2.05, 4.69) is 29.0 Å². The normalized spacial score (nSPS) is 23.4. The number of carbonyl (C=O) groups is 1. The number of nitrogens with zero attached hydrogens (tertiary/aromatic N) is 3. The zero-order valence-electron chi connectivity index (χ0n) is 16.5. The van der Waals surface area contributed by atoms with Gasteiger partial charge in [0.2, 0.25) is 0 Å². The number of carbonyl (C=O) groups excluding carboxylic acids is 1. The first-order valence-electron chi connectivity index (χ1n) is 9.45. The topological polar surface area (TPSA) is 45.2 Å². The summed E-state index contributed by atoms with van der Waals surface area (Å²) in [6.07, 6.45) is 8.11. The van der Waals surface area contributed by atoms with Gasteiger partial charge in [0.05, 0.1) is 25.7 Å². The Morgan fingerprint density at radius 2 is 1.82 bits per heavy atom. The summed E-state index contributed by atoms with van der Waals surface area (Å²) in [5.41, 5.74) is 2.14. The second-order valence-electron chi connectivity index (χ2n) is 7.17. The molecule has 4 rings (SSSR count). The molecule has 0 N–H and O–H groups in total. The van der Waals surface area contributed by atoms with Crippen LogP contribution in [0.5, 0.6) is 11.5 Å². The van der Waals surface area contributed by atoms with Gasteiger partial charge in [-0.25, -0.2) is 0 Å². The fourth-order valence-corrected chi connectivity index (χ4v) is 5.07. The molecule has 3 heterocycles. The Bertz CT molecular complexity index is 856. The standard InChI is InChI=1S/C21H26N3O3P/c1-22-8-10-23(11-9-22)16-5-7-21-24(14-16)20(25)13-19(28-21)15-4-6-17(26-2)18(12-15)27-3/h4-7,12-14,21,28H,8-11H2,1-3H3. The number of allylic oxidation sites excluding steroid dienone is 1. The van der Waals surface area contributed by atoms with Crippen molar-refractivity contribution in [3.05, 3.63) is 53.9 Å². The molecule has 0 aliphatic carbocycles. The maximum atomic E-state index is 12.9. The van der Waals surface area contributed by atoms with Crippen molar-refractivity contribution >= 4 is 19.8 Å². The third kappa shape index (κ3) is 3.67. The lowest BCUT2D eigenvalue weighted by Gasteiger charge is -2.39. The van der Waals surface area contributed by atoms with E-state index in [0.717, 1.165) is 42.8 Å². The molecule has 1 saturated heterocycles. The summed E-state index contributed by atoms with van der Waals surface area (Å²) in [7, 11) is 5.88. The SMILES string of the molecule is COc1ccc(C2=CC(=O)N3C=C(N4CCN(C)CC4)C=CC3P2)cc1OC. The maximum Gasteiger partial charge on any atom is 0.252 e. The number of amides is 1. The maximum absolute atomic E-state index is 12.9. The Kier molecular flexibility index (Phi) is 5.42. The van der Waals surface area contributed by atoms with Crippen molar-refractivity contribution < 1.29 is 14.3 Å². The van der Waals surface area contributed by atoms with E-state index in [-0.39, 0.29) is 11.7 Å². The zero-order valence-corrected chi connectivity index (χ0v) is 17.5. The van der Waals surface area contributed by atoms with Crippen LogP contribution in [-0.4, -0.2) is 73.8 Å². The first-order chi connectivity index (χ1) is 13.6. The molecule has 2 unspecified atom stereocenters. The Hall–Kier alpha value is -2.30. The van der Waals surface area contributed by atoms with Crippen molar-refractivity contribution in [2.75, 3.05) is 47.4 Å². The highest BCUT2D eigenvalue weighted by Gasteiger charge is 2.30. The fourth-order valence-electron chi connectivity index (χ4n) is 3.69. The average Bonchev–Trinajstić information content (AvgIpc) is 2.73. The quantitative estimate of drug-likeness (QED) is 0.729. The number of fused-ring (bicyclic) bond motifs is 1. The van der Waals surface area contributed by atoms with Gasteiger partial charge in [0.15, 0.2) is 11.5 Å². The number of piperazine rings is 1. The summed E-state index contributed by atoms with van der Waals surface area (Å²) in [5.74, 6) is 1.48. The van der Waals surface area contributed by atoms with E-state index >= 15 is 0 Å². The average molecular weight is 399 g/mol. The second-order valence-corrected chi connectivity index (χ2v) is 8.58. The molecule has 1 aromatic carbocycles. The van der Waals surface area contributed by atoms with Gasteiger partial charge < -0.3 is 24.2 Å². The van der Waals surface area contributed by atoms with E-state index in [1.165, 1.54) is 0 Å². The summed E-state index contributed by atoms with van der Waals surface area (Å²) in [5, 5.41) is 1.05. The summed E-state index contributed by atoms with van der Waals surface area (Å²) < 4.78 is 10.7. The van der Waals surface area contributed by atoms with Gasteiger partial charge in [-0.2, -0.15) is 0 Å². The van der Waals surface area contributed by atoms with E-state index in [4.69, 9.17) is 9.47 Å². The van der Waals surface area contributed by atoms with Crippen molar-refractivity contribution in [3.8, 4) is 11.5 Å². The number of likely N-dealkylation sites (N-methyl/N-ethyl adjacent to an activating group) is 1. The minimum Gasteiger partial charge on any atom is -0.493 e. The monoisotopic (exact) mass is 399 g/mol. The number of ether oxygens (including phenoxy) is 2. The van der Waals surface area contributed by atoms with Crippen molar-refractivity contribution in [1.82, 2.24) is 14.7 Å². The van der Waals surface area contributed by atoms with Crippen LogP contribution in [0.4, 0.5) is 0 Å². The summed E-state index contributed by atoms with van der Waals surface area (Å²) in [6.45, 7) is 4.09. The molecule has 0 bridgehead atoms. The van der Waals surface area contributed by atoms with Crippen molar-refractivity contribution in [2.24, 2.45) is 0 Å². The van der Waals surface area contributed by atoms with Gasteiger partial charge in [0, 0.05) is 38.5 Å². The van der Waals surface area contributed by atoms with Gasteiger partial charge >= 0.3 is 0 Å². The first-order valence-corrected chi connectivity index (χ1v) is 10.5. The minimum atomic E-state index is 0.0320. The number of benzene rings is 1. The van der Waals surface area contributed by atoms with Crippen LogP contribution in [0.2, 0.25) is 0 Å². The molecular weight excluding hydrogens is 373 g/mol. The molecule has 1 aromatic rings. The Labute approximate surface area is 167 Å². The van der Waals surface area contributed by atoms with Gasteiger partial charge in [-0.05, 0) is 36.1 Å². The smallest absolute Gasteiger partial charge is 0.252 e. The molecule has 1 amide bonds. The van der Waals surface area contributed by atoms with E-state index in [0.29, 0.717) is 20.1 Å². The van der Waals surface area contributed by atoms with Gasteiger partial charge in [0.1, 0.15) is 0 Å². The van der Waals surface area contributed by atoms with Gasteiger partial charge in [-0.1, -0.05) is 20.7 Å². The van der Waals surface area contributed by atoms with Crippen LogP contribution in [0.3, 0.4) is 0 Å². The van der Waals surface area contributed by atoms with Crippen LogP contribution < -0.4 is 9.47 Å². The van der Waals surface area contributed by atoms with Crippen LogP contribution in [0.1, 0.15) is 5.56 Å². The molecule has 6 nitrogen and oxygen atoms in total. The molecule has 1 fully saturated rings. The highest BCUT2D eigenvalue weighted by Crippen LogP contribution is 2.46. The summed E-state index contributed by atoms with van der Waals surface area (Å²) in [4.78, 5) is 19.4. The van der Waals surface area contributed by atoms with Gasteiger partial charge in [0.25, 0.3) is 5.91 Å². The van der Waals surface area contributed by atoms with Crippen LogP contribution in [0, 0.1) is 0 Å². The third-order valence-electron chi connectivity index (χ3n) is 5.41. The molecule has 3 aliphatic rings. The minimum absolute atomic E-state index is 0.0320.